The van der Waals surface area contributed by atoms with Crippen molar-refractivity contribution >= 4 is 11.9 Å². The number of hydrogen-bond acceptors (Lipinski definition) is 4. The average molecular weight is 201 g/mol. The van der Waals surface area contributed by atoms with Crippen LogP contribution in [0.1, 0.15) is 6.42 Å². The lowest BCUT2D eigenvalue weighted by Crippen LogP contribution is -2.35. The topological polar surface area (TPSA) is 74.7 Å². The van der Waals surface area contributed by atoms with Gasteiger partial charge in [0, 0.05) is 27.7 Å². The molecule has 1 aliphatic heterocycles. The van der Waals surface area contributed by atoms with Crippen molar-refractivity contribution in [2.45, 2.75) is 18.8 Å². The first-order valence-corrected chi connectivity index (χ1v) is 4.28. The van der Waals surface area contributed by atoms with Crippen LogP contribution in [0, 0.1) is 5.41 Å². The highest BCUT2D eigenvalue weighted by Gasteiger charge is 2.34. The van der Waals surface area contributed by atoms with E-state index in [1.165, 1.54) is 19.1 Å². The molecule has 14 heavy (non-hydrogen) atoms. The highest BCUT2D eigenvalue weighted by molar-refractivity contribution is 6.05. The fourth-order valence-corrected chi connectivity index (χ4v) is 1.37. The fourth-order valence-electron chi connectivity index (χ4n) is 1.37. The van der Waals surface area contributed by atoms with Crippen molar-refractivity contribution in [2.75, 3.05) is 21.3 Å². The number of carbonyl (C=O) groups is 1. The smallest absolute Gasteiger partial charge is 0.323 e. The molecule has 0 saturated carbocycles. The molecule has 0 radical (unpaired) electrons. The Hall–Kier alpha value is -1.14. The molecule has 0 bridgehead atoms. The monoisotopic (exact) mass is 201 g/mol. The third kappa shape index (κ3) is 2.02. The Morgan fingerprint density at radius 3 is 2.50 bits per heavy atom. The van der Waals surface area contributed by atoms with E-state index in [0.717, 1.165) is 0 Å². The molecule has 0 aliphatic carbocycles. The van der Waals surface area contributed by atoms with Crippen LogP contribution in [-0.4, -0.2) is 50.4 Å². The zero-order valence-corrected chi connectivity index (χ0v) is 8.53. The van der Waals surface area contributed by atoms with E-state index in [1.54, 1.807) is 7.05 Å². The highest BCUT2D eigenvalue weighted by atomic mass is 16.7. The summed E-state index contributed by atoms with van der Waals surface area (Å²) >= 11 is 0. The van der Waals surface area contributed by atoms with E-state index in [-0.39, 0.29) is 17.9 Å². The van der Waals surface area contributed by atoms with Crippen molar-refractivity contribution in [3.8, 4) is 0 Å². The summed E-state index contributed by atoms with van der Waals surface area (Å²) in [6, 6.07) is -0.543. The first kappa shape index (κ1) is 10.9. The van der Waals surface area contributed by atoms with E-state index >= 15 is 0 Å². The lowest BCUT2D eigenvalue weighted by molar-refractivity contribution is -0.110. The summed E-state index contributed by atoms with van der Waals surface area (Å²) < 4.78 is 10.0. The number of nitrogens with one attached hydrogen (secondary N) is 2. The van der Waals surface area contributed by atoms with Crippen LogP contribution in [0.2, 0.25) is 0 Å². The number of likely N-dealkylation sites (N-methyl/N-ethyl adjacent to an activating group) is 1. The minimum absolute atomic E-state index is 0.191. The van der Waals surface area contributed by atoms with Gasteiger partial charge in [0.25, 0.3) is 0 Å². The largest absolute Gasteiger partial charge is 0.356 e. The van der Waals surface area contributed by atoms with Crippen LogP contribution < -0.4 is 5.32 Å². The minimum Gasteiger partial charge on any atom is -0.356 e. The van der Waals surface area contributed by atoms with Crippen molar-refractivity contribution in [1.82, 2.24) is 10.2 Å². The minimum atomic E-state index is -0.393. The van der Waals surface area contributed by atoms with Crippen LogP contribution in [0.4, 0.5) is 4.79 Å². The van der Waals surface area contributed by atoms with Crippen molar-refractivity contribution < 1.29 is 14.3 Å². The number of urea groups is 1. The highest BCUT2D eigenvalue weighted by Crippen LogP contribution is 2.13. The van der Waals surface area contributed by atoms with Crippen LogP contribution in [0.3, 0.4) is 0 Å². The van der Waals surface area contributed by atoms with Gasteiger partial charge in [0.05, 0.1) is 6.04 Å². The SMILES string of the molecule is COC(CC1C(=N)NC(=O)N1C)OC. The van der Waals surface area contributed by atoms with Gasteiger partial charge in [-0.2, -0.15) is 0 Å². The van der Waals surface area contributed by atoms with Crippen molar-refractivity contribution in [3.63, 3.8) is 0 Å². The Labute approximate surface area is 82.7 Å². The Morgan fingerprint density at radius 2 is 2.14 bits per heavy atom. The number of carbonyl (C=O) groups excluding carboxylic acids is 1. The molecule has 1 rings (SSSR count). The van der Waals surface area contributed by atoms with E-state index in [4.69, 9.17) is 14.9 Å². The molecule has 1 aliphatic rings. The van der Waals surface area contributed by atoms with Gasteiger partial charge in [-0.3, -0.25) is 10.7 Å². The van der Waals surface area contributed by atoms with E-state index in [1.807, 2.05) is 0 Å². The molecule has 80 valence electrons. The van der Waals surface area contributed by atoms with Gasteiger partial charge in [-0.1, -0.05) is 0 Å². The van der Waals surface area contributed by atoms with Gasteiger partial charge in [-0.15, -0.1) is 0 Å². The summed E-state index contributed by atoms with van der Waals surface area (Å²) in [5.74, 6) is 0.191. The molecule has 0 aromatic heterocycles. The maximum absolute atomic E-state index is 11.1. The first-order chi connectivity index (χ1) is 6.60. The van der Waals surface area contributed by atoms with Crippen molar-refractivity contribution in [1.29, 1.82) is 5.41 Å². The Bertz CT molecular complexity index is 240. The van der Waals surface area contributed by atoms with Crippen LogP contribution in [0.5, 0.6) is 0 Å². The molecular formula is C8H15N3O3. The average Bonchev–Trinajstić information content (AvgIpc) is 2.40. The molecule has 2 N–H and O–H groups in total. The summed E-state index contributed by atoms with van der Waals surface area (Å²) in [5.41, 5.74) is 0. The Balaban J connectivity index is 2.59. The second-order valence-electron chi connectivity index (χ2n) is 3.11. The fraction of sp³-hybridized carbons (Fsp3) is 0.750. The van der Waals surface area contributed by atoms with Gasteiger partial charge in [0.15, 0.2) is 6.29 Å². The number of methoxy groups -OCH3 is 2. The number of amides is 2. The van der Waals surface area contributed by atoms with E-state index < -0.39 is 6.29 Å². The van der Waals surface area contributed by atoms with Crippen molar-refractivity contribution in [3.05, 3.63) is 0 Å². The third-order valence-electron chi connectivity index (χ3n) is 2.30. The molecule has 0 aromatic carbocycles. The van der Waals surface area contributed by atoms with Crippen LogP contribution in [0.15, 0.2) is 0 Å². The normalized spacial score (nSPS) is 22.0. The first-order valence-electron chi connectivity index (χ1n) is 4.28. The molecule has 1 heterocycles. The summed E-state index contributed by atoms with van der Waals surface area (Å²) in [7, 11) is 4.70. The van der Waals surface area contributed by atoms with Gasteiger partial charge in [-0.05, 0) is 0 Å². The van der Waals surface area contributed by atoms with Crippen LogP contribution in [-0.2, 0) is 9.47 Å². The summed E-state index contributed by atoms with van der Waals surface area (Å²) in [6.45, 7) is 0. The lowest BCUT2D eigenvalue weighted by Gasteiger charge is -2.21. The maximum atomic E-state index is 11.1. The molecule has 2 amide bonds. The van der Waals surface area contributed by atoms with E-state index in [9.17, 15) is 4.79 Å². The second kappa shape index (κ2) is 4.39. The number of ether oxygens (including phenoxy) is 2. The molecule has 1 saturated heterocycles. The molecule has 6 heteroatoms. The quantitative estimate of drug-likeness (QED) is 0.628. The summed E-state index contributed by atoms with van der Waals surface area (Å²) in [6.07, 6.45) is 0.0663. The van der Waals surface area contributed by atoms with Gasteiger partial charge in [0.1, 0.15) is 5.84 Å². The number of amidine groups is 1. The second-order valence-corrected chi connectivity index (χ2v) is 3.11. The zero-order valence-electron chi connectivity index (χ0n) is 8.53. The molecule has 1 atom stereocenters. The Kier molecular flexibility index (Phi) is 3.43. The van der Waals surface area contributed by atoms with E-state index in [0.29, 0.717) is 6.42 Å². The lowest BCUT2D eigenvalue weighted by atomic mass is 10.2. The summed E-state index contributed by atoms with van der Waals surface area (Å²) in [4.78, 5) is 12.6. The van der Waals surface area contributed by atoms with Gasteiger partial charge >= 0.3 is 6.03 Å². The molecule has 1 unspecified atom stereocenters. The molecular weight excluding hydrogens is 186 g/mol. The number of hydrogen-bond donors (Lipinski definition) is 2. The predicted octanol–water partition coefficient (Wildman–Crippen LogP) is -0.00373. The molecule has 1 fully saturated rings. The van der Waals surface area contributed by atoms with E-state index in [2.05, 4.69) is 5.32 Å². The van der Waals surface area contributed by atoms with Gasteiger partial charge < -0.3 is 14.4 Å². The van der Waals surface area contributed by atoms with Crippen molar-refractivity contribution in [2.24, 2.45) is 0 Å². The van der Waals surface area contributed by atoms with Gasteiger partial charge in [-0.25, -0.2) is 4.79 Å². The van der Waals surface area contributed by atoms with Crippen LogP contribution >= 0.6 is 0 Å². The Morgan fingerprint density at radius 1 is 1.57 bits per heavy atom. The molecule has 0 spiro atoms. The third-order valence-corrected chi connectivity index (χ3v) is 2.30. The maximum Gasteiger partial charge on any atom is 0.323 e. The zero-order chi connectivity index (χ0) is 10.7. The summed E-state index contributed by atoms with van der Waals surface area (Å²) in [5, 5.41) is 9.95. The standard InChI is InChI=1S/C8H15N3O3/c1-11-5(4-6(13-2)14-3)7(9)10-8(11)12/h5-6H,4H2,1-3H3,(H2,9,10,12). The predicted molar refractivity (Wildman–Crippen MR) is 50.2 cm³/mol. The molecule has 0 aromatic rings. The number of nitrogens with zero attached hydrogens (tertiary/aromatic N) is 1. The van der Waals surface area contributed by atoms with Gasteiger partial charge in [0.2, 0.25) is 0 Å². The molecule has 6 nitrogen and oxygen atoms in total. The number of rotatable bonds is 4. The van der Waals surface area contributed by atoms with Crippen LogP contribution in [0.25, 0.3) is 0 Å².